The first-order chi connectivity index (χ1) is 13.0. The number of carbonyl (C=O) groups is 3. The number of fused-ring (bicyclic) bond motifs is 1. The number of hydrogen-bond acceptors (Lipinski definition) is 6. The minimum absolute atomic E-state index is 0.115. The third-order valence-electron chi connectivity index (χ3n) is 3.96. The molecule has 1 aliphatic heterocycles. The van der Waals surface area contributed by atoms with Gasteiger partial charge in [0.2, 0.25) is 18.6 Å². The third kappa shape index (κ3) is 4.00. The highest BCUT2D eigenvalue weighted by Crippen LogP contribution is 2.35. The Balaban J connectivity index is 1.77. The Labute approximate surface area is 155 Å². The molecule has 2 aromatic carbocycles. The van der Waals surface area contributed by atoms with Crippen LogP contribution in [0.15, 0.2) is 42.5 Å². The Morgan fingerprint density at radius 3 is 2.59 bits per heavy atom. The molecule has 0 radical (unpaired) electrons. The van der Waals surface area contributed by atoms with Crippen molar-refractivity contribution < 1.29 is 28.6 Å². The first-order valence-electron chi connectivity index (χ1n) is 8.14. The molecule has 1 heterocycles. The lowest BCUT2D eigenvalue weighted by Gasteiger charge is -2.21. The zero-order valence-electron chi connectivity index (χ0n) is 14.9. The summed E-state index contributed by atoms with van der Waals surface area (Å²) in [5.74, 6) is -0.247. The standard InChI is InChI=1S/C19H18N2O6/c1-12(22)21(13-7-8-16-17(9-13)27-11-26-16)10-18(23)20-15-6-4-3-5-14(15)19(24)25-2/h3-9H,10-11H2,1-2H3,(H,20,23). The molecule has 0 spiro atoms. The van der Waals surface area contributed by atoms with Gasteiger partial charge < -0.3 is 24.4 Å². The van der Waals surface area contributed by atoms with E-state index < -0.39 is 11.9 Å². The molecule has 0 bridgehead atoms. The number of amides is 2. The van der Waals surface area contributed by atoms with E-state index in [2.05, 4.69) is 5.32 Å². The molecular formula is C19H18N2O6. The molecular weight excluding hydrogens is 352 g/mol. The van der Waals surface area contributed by atoms with Gasteiger partial charge in [0, 0.05) is 18.7 Å². The van der Waals surface area contributed by atoms with E-state index in [0.717, 1.165) is 0 Å². The van der Waals surface area contributed by atoms with Gasteiger partial charge in [-0.3, -0.25) is 9.59 Å². The van der Waals surface area contributed by atoms with Gasteiger partial charge in [0.1, 0.15) is 6.54 Å². The fourth-order valence-electron chi connectivity index (χ4n) is 2.65. The molecule has 0 aliphatic carbocycles. The Morgan fingerprint density at radius 2 is 1.85 bits per heavy atom. The highest BCUT2D eigenvalue weighted by Gasteiger charge is 2.21. The molecule has 0 atom stereocenters. The van der Waals surface area contributed by atoms with Crippen LogP contribution in [0, 0.1) is 0 Å². The number of anilines is 2. The van der Waals surface area contributed by atoms with Crippen LogP contribution in [0.3, 0.4) is 0 Å². The van der Waals surface area contributed by atoms with Crippen molar-refractivity contribution in [2.75, 3.05) is 30.7 Å². The van der Waals surface area contributed by atoms with Crippen molar-refractivity contribution >= 4 is 29.2 Å². The summed E-state index contributed by atoms with van der Waals surface area (Å²) < 4.78 is 15.3. The summed E-state index contributed by atoms with van der Waals surface area (Å²) in [4.78, 5) is 37.7. The number of ether oxygens (including phenoxy) is 3. The van der Waals surface area contributed by atoms with Crippen molar-refractivity contribution in [3.63, 3.8) is 0 Å². The summed E-state index contributed by atoms with van der Waals surface area (Å²) in [5.41, 5.74) is 1.04. The number of benzene rings is 2. The second-order valence-corrected chi connectivity index (χ2v) is 5.73. The lowest BCUT2D eigenvalue weighted by Crippen LogP contribution is -2.36. The summed E-state index contributed by atoms with van der Waals surface area (Å²) in [6.45, 7) is 1.24. The van der Waals surface area contributed by atoms with E-state index in [1.165, 1.54) is 18.9 Å². The molecule has 0 saturated heterocycles. The van der Waals surface area contributed by atoms with Crippen LogP contribution in [0.4, 0.5) is 11.4 Å². The average molecular weight is 370 g/mol. The summed E-state index contributed by atoms with van der Waals surface area (Å²) >= 11 is 0. The smallest absolute Gasteiger partial charge is 0.339 e. The number of carbonyl (C=O) groups excluding carboxylic acids is 3. The summed E-state index contributed by atoms with van der Waals surface area (Å²) in [6.07, 6.45) is 0. The van der Waals surface area contributed by atoms with Crippen LogP contribution in [-0.4, -0.2) is 38.2 Å². The summed E-state index contributed by atoms with van der Waals surface area (Å²) in [7, 11) is 1.26. The Bertz CT molecular complexity index is 896. The lowest BCUT2D eigenvalue weighted by atomic mass is 10.2. The number of para-hydroxylation sites is 1. The number of hydrogen-bond donors (Lipinski definition) is 1. The highest BCUT2D eigenvalue weighted by atomic mass is 16.7. The Morgan fingerprint density at radius 1 is 1.11 bits per heavy atom. The number of nitrogens with zero attached hydrogens (tertiary/aromatic N) is 1. The maximum absolute atomic E-state index is 12.5. The first kappa shape index (κ1) is 18.2. The van der Waals surface area contributed by atoms with Crippen LogP contribution in [0.1, 0.15) is 17.3 Å². The van der Waals surface area contributed by atoms with E-state index in [1.807, 2.05) is 0 Å². The van der Waals surface area contributed by atoms with E-state index in [4.69, 9.17) is 14.2 Å². The molecule has 2 aromatic rings. The van der Waals surface area contributed by atoms with Crippen molar-refractivity contribution in [3.8, 4) is 11.5 Å². The van der Waals surface area contributed by atoms with Crippen molar-refractivity contribution in [3.05, 3.63) is 48.0 Å². The zero-order chi connectivity index (χ0) is 19.4. The molecule has 2 amide bonds. The molecule has 0 aromatic heterocycles. The van der Waals surface area contributed by atoms with E-state index >= 15 is 0 Å². The zero-order valence-corrected chi connectivity index (χ0v) is 14.9. The summed E-state index contributed by atoms with van der Waals surface area (Å²) in [6, 6.07) is 11.5. The molecule has 3 rings (SSSR count). The minimum atomic E-state index is -0.565. The monoisotopic (exact) mass is 370 g/mol. The van der Waals surface area contributed by atoms with Crippen molar-refractivity contribution in [1.29, 1.82) is 0 Å². The fourth-order valence-corrected chi connectivity index (χ4v) is 2.65. The maximum atomic E-state index is 12.5. The van der Waals surface area contributed by atoms with Crippen molar-refractivity contribution in [2.45, 2.75) is 6.92 Å². The number of esters is 1. The quantitative estimate of drug-likeness (QED) is 0.811. The molecule has 8 nitrogen and oxygen atoms in total. The lowest BCUT2D eigenvalue weighted by molar-refractivity contribution is -0.120. The van der Waals surface area contributed by atoms with Crippen LogP contribution < -0.4 is 19.7 Å². The van der Waals surface area contributed by atoms with Gasteiger partial charge in [0.15, 0.2) is 11.5 Å². The van der Waals surface area contributed by atoms with Crippen molar-refractivity contribution in [1.82, 2.24) is 0 Å². The molecule has 1 aliphatic rings. The van der Waals surface area contributed by atoms with E-state index in [-0.39, 0.29) is 24.8 Å². The molecule has 27 heavy (non-hydrogen) atoms. The minimum Gasteiger partial charge on any atom is -0.465 e. The topological polar surface area (TPSA) is 94.2 Å². The van der Waals surface area contributed by atoms with Gasteiger partial charge in [0.05, 0.1) is 18.4 Å². The SMILES string of the molecule is COC(=O)c1ccccc1NC(=O)CN(C(C)=O)c1ccc2c(c1)OCO2. The fraction of sp³-hybridized carbons (Fsp3) is 0.211. The van der Waals surface area contributed by atoms with Crippen LogP contribution in [-0.2, 0) is 14.3 Å². The first-order valence-corrected chi connectivity index (χ1v) is 8.14. The van der Waals surface area contributed by atoms with Gasteiger partial charge in [-0.15, -0.1) is 0 Å². The van der Waals surface area contributed by atoms with Crippen LogP contribution in [0.5, 0.6) is 11.5 Å². The van der Waals surface area contributed by atoms with E-state index in [9.17, 15) is 14.4 Å². The molecule has 0 fully saturated rings. The van der Waals surface area contributed by atoms with Crippen LogP contribution in [0.25, 0.3) is 0 Å². The molecule has 1 N–H and O–H groups in total. The van der Waals surface area contributed by atoms with E-state index in [0.29, 0.717) is 22.9 Å². The second-order valence-electron chi connectivity index (χ2n) is 5.73. The average Bonchev–Trinajstić information content (AvgIpc) is 3.13. The number of rotatable bonds is 5. The largest absolute Gasteiger partial charge is 0.465 e. The molecule has 8 heteroatoms. The molecule has 0 saturated carbocycles. The highest BCUT2D eigenvalue weighted by molar-refractivity contribution is 6.05. The van der Waals surface area contributed by atoms with Crippen LogP contribution in [0.2, 0.25) is 0 Å². The van der Waals surface area contributed by atoms with Gasteiger partial charge in [-0.2, -0.15) is 0 Å². The van der Waals surface area contributed by atoms with Crippen molar-refractivity contribution in [2.24, 2.45) is 0 Å². The van der Waals surface area contributed by atoms with Gasteiger partial charge in [-0.05, 0) is 24.3 Å². The number of methoxy groups -OCH3 is 1. The third-order valence-corrected chi connectivity index (χ3v) is 3.96. The molecule has 0 unspecified atom stereocenters. The van der Waals surface area contributed by atoms with Gasteiger partial charge in [-0.25, -0.2) is 4.79 Å². The normalized spacial score (nSPS) is 11.6. The maximum Gasteiger partial charge on any atom is 0.339 e. The Kier molecular flexibility index (Phi) is 5.25. The number of nitrogens with one attached hydrogen (secondary N) is 1. The van der Waals surface area contributed by atoms with E-state index in [1.54, 1.807) is 42.5 Å². The Hall–Kier alpha value is -3.55. The predicted molar refractivity (Wildman–Crippen MR) is 97.0 cm³/mol. The molecule has 140 valence electrons. The summed E-state index contributed by atoms with van der Waals surface area (Å²) in [5, 5.41) is 2.64. The van der Waals surface area contributed by atoms with Gasteiger partial charge in [0.25, 0.3) is 0 Å². The van der Waals surface area contributed by atoms with Gasteiger partial charge in [-0.1, -0.05) is 12.1 Å². The van der Waals surface area contributed by atoms with Crippen LogP contribution >= 0.6 is 0 Å². The predicted octanol–water partition coefficient (Wildman–Crippen LogP) is 2.19. The van der Waals surface area contributed by atoms with Gasteiger partial charge >= 0.3 is 5.97 Å². The second kappa shape index (κ2) is 7.77.